The first-order valence-corrected chi connectivity index (χ1v) is 12.0. The number of nitrogens with two attached hydrogens (primary N) is 1. The molecule has 0 spiro atoms. The van der Waals surface area contributed by atoms with Crippen molar-refractivity contribution in [2.24, 2.45) is 11.7 Å². The van der Waals surface area contributed by atoms with Crippen molar-refractivity contribution in [3.05, 3.63) is 71.0 Å². The van der Waals surface area contributed by atoms with Crippen LogP contribution < -0.4 is 10.5 Å². The Morgan fingerprint density at radius 3 is 2.45 bits per heavy atom. The Morgan fingerprint density at radius 2 is 1.81 bits per heavy atom. The lowest BCUT2D eigenvalue weighted by Crippen LogP contribution is -2.24. The van der Waals surface area contributed by atoms with E-state index in [9.17, 15) is 8.42 Å². The van der Waals surface area contributed by atoms with Gasteiger partial charge in [-0.3, -0.25) is 4.57 Å². The number of aryl methyl sites for hydroxylation is 1. The predicted octanol–water partition coefficient (Wildman–Crippen LogP) is 3.66. The molecular weight excluding hydrogens is 412 g/mol. The highest BCUT2D eigenvalue weighted by molar-refractivity contribution is 7.90. The Morgan fingerprint density at radius 1 is 1.10 bits per heavy atom. The molecule has 0 fully saturated rings. The number of hydrogen-bond acceptors (Lipinski definition) is 6. The van der Waals surface area contributed by atoms with E-state index in [1.165, 1.54) is 0 Å². The van der Waals surface area contributed by atoms with E-state index in [0.717, 1.165) is 17.5 Å². The molecule has 31 heavy (non-hydrogen) atoms. The molecule has 0 radical (unpaired) electrons. The van der Waals surface area contributed by atoms with E-state index in [1.807, 2.05) is 45.0 Å². The molecule has 8 heteroatoms. The van der Waals surface area contributed by atoms with Crippen molar-refractivity contribution in [3.8, 4) is 5.75 Å². The van der Waals surface area contributed by atoms with E-state index in [2.05, 4.69) is 10.2 Å². The Hall–Kier alpha value is -2.71. The quantitative estimate of drug-likeness (QED) is 0.543. The zero-order valence-corrected chi connectivity index (χ0v) is 19.3. The third-order valence-electron chi connectivity index (χ3n) is 5.53. The lowest BCUT2D eigenvalue weighted by atomic mass is 9.99. The standard InChI is InChI=1S/C23H30N4O3S/c1-5-17(3)21(24)22-25-26-23(27(22)14-18-11-9-16(2)10-12-18)31(28,29)15-19-7-6-8-20(13-19)30-4/h6-13,17,21H,5,14-15,24H2,1-4H3/t17-,21+/m0/s1. The summed E-state index contributed by atoms with van der Waals surface area (Å²) in [7, 11) is -2.21. The van der Waals surface area contributed by atoms with Crippen molar-refractivity contribution < 1.29 is 13.2 Å². The largest absolute Gasteiger partial charge is 0.497 e. The molecule has 2 N–H and O–H groups in total. The minimum absolute atomic E-state index is 0.0651. The van der Waals surface area contributed by atoms with Gasteiger partial charge in [-0.15, -0.1) is 10.2 Å². The van der Waals surface area contributed by atoms with E-state index in [4.69, 9.17) is 10.5 Å². The topological polar surface area (TPSA) is 100 Å². The maximum atomic E-state index is 13.3. The molecule has 3 rings (SSSR count). The van der Waals surface area contributed by atoms with Crippen LogP contribution in [-0.4, -0.2) is 30.3 Å². The summed E-state index contributed by atoms with van der Waals surface area (Å²) in [6.07, 6.45) is 0.852. The van der Waals surface area contributed by atoms with Crippen molar-refractivity contribution in [2.45, 2.75) is 50.7 Å². The summed E-state index contributed by atoms with van der Waals surface area (Å²) < 4.78 is 33.5. The molecule has 166 valence electrons. The van der Waals surface area contributed by atoms with Gasteiger partial charge in [0.1, 0.15) is 5.75 Å². The normalized spacial score (nSPS) is 13.7. The lowest BCUT2D eigenvalue weighted by molar-refractivity contribution is 0.414. The van der Waals surface area contributed by atoms with Gasteiger partial charge in [0.15, 0.2) is 5.82 Å². The molecule has 1 aromatic heterocycles. The van der Waals surface area contributed by atoms with Gasteiger partial charge in [0.05, 0.1) is 25.4 Å². The zero-order chi connectivity index (χ0) is 22.6. The predicted molar refractivity (Wildman–Crippen MR) is 121 cm³/mol. The molecule has 2 aromatic carbocycles. The van der Waals surface area contributed by atoms with E-state index in [1.54, 1.807) is 35.9 Å². The third kappa shape index (κ3) is 5.32. The Kier molecular flexibility index (Phi) is 7.12. The highest BCUT2D eigenvalue weighted by atomic mass is 32.2. The van der Waals surface area contributed by atoms with Crippen LogP contribution in [0.2, 0.25) is 0 Å². The first-order chi connectivity index (χ1) is 14.7. The molecule has 1 heterocycles. The molecular formula is C23H30N4O3S. The maximum Gasteiger partial charge on any atom is 0.250 e. The van der Waals surface area contributed by atoms with Crippen LogP contribution in [0.3, 0.4) is 0 Å². The minimum atomic E-state index is -3.76. The summed E-state index contributed by atoms with van der Waals surface area (Å²) in [5, 5.41) is 8.25. The van der Waals surface area contributed by atoms with Gasteiger partial charge >= 0.3 is 0 Å². The first kappa shape index (κ1) is 23.0. The van der Waals surface area contributed by atoms with Crippen molar-refractivity contribution in [2.75, 3.05) is 7.11 Å². The fourth-order valence-electron chi connectivity index (χ4n) is 3.36. The average Bonchev–Trinajstić information content (AvgIpc) is 3.18. The van der Waals surface area contributed by atoms with Gasteiger partial charge in [-0.05, 0) is 36.1 Å². The highest BCUT2D eigenvalue weighted by Crippen LogP contribution is 2.26. The SMILES string of the molecule is CC[C@H](C)[C@@H](N)c1nnc(S(=O)(=O)Cc2cccc(OC)c2)n1Cc1ccc(C)cc1. The first-order valence-electron chi connectivity index (χ1n) is 10.3. The van der Waals surface area contributed by atoms with Crippen molar-refractivity contribution in [1.82, 2.24) is 14.8 Å². The molecule has 7 nitrogen and oxygen atoms in total. The molecule has 0 bridgehead atoms. The second kappa shape index (κ2) is 9.62. The van der Waals surface area contributed by atoms with Gasteiger partial charge < -0.3 is 10.5 Å². The monoisotopic (exact) mass is 442 g/mol. The number of ether oxygens (including phenoxy) is 1. The van der Waals surface area contributed by atoms with Crippen molar-refractivity contribution >= 4 is 9.84 Å². The fourth-order valence-corrected chi connectivity index (χ4v) is 4.76. The number of benzene rings is 2. The molecule has 0 amide bonds. The Bertz CT molecular complexity index is 1120. The molecule has 0 saturated heterocycles. The Balaban J connectivity index is 2.03. The van der Waals surface area contributed by atoms with Crippen molar-refractivity contribution in [1.29, 1.82) is 0 Å². The van der Waals surface area contributed by atoms with Gasteiger partial charge in [0.2, 0.25) is 15.0 Å². The molecule has 2 atom stereocenters. The van der Waals surface area contributed by atoms with Gasteiger partial charge in [0.25, 0.3) is 0 Å². The second-order valence-corrected chi connectivity index (χ2v) is 9.82. The zero-order valence-electron chi connectivity index (χ0n) is 18.4. The van der Waals surface area contributed by atoms with Crippen LogP contribution in [0.5, 0.6) is 5.75 Å². The molecule has 0 unspecified atom stereocenters. The summed E-state index contributed by atoms with van der Waals surface area (Å²) in [4.78, 5) is 0. The Labute approximate surface area is 184 Å². The molecule has 0 aliphatic rings. The number of nitrogens with zero attached hydrogens (tertiary/aromatic N) is 3. The van der Waals surface area contributed by atoms with Crippen LogP contribution >= 0.6 is 0 Å². The van der Waals surface area contributed by atoms with Crippen molar-refractivity contribution in [3.63, 3.8) is 0 Å². The summed E-state index contributed by atoms with van der Waals surface area (Å²) >= 11 is 0. The number of aromatic nitrogens is 3. The number of hydrogen-bond donors (Lipinski definition) is 1. The minimum Gasteiger partial charge on any atom is -0.497 e. The number of rotatable bonds is 9. The van der Waals surface area contributed by atoms with Gasteiger partial charge in [-0.2, -0.15) is 0 Å². The van der Waals surface area contributed by atoms with E-state index < -0.39 is 15.9 Å². The summed E-state index contributed by atoms with van der Waals surface area (Å²) in [6.45, 7) is 6.42. The number of methoxy groups -OCH3 is 1. The fraction of sp³-hybridized carbons (Fsp3) is 0.391. The van der Waals surface area contributed by atoms with E-state index in [0.29, 0.717) is 23.7 Å². The lowest BCUT2D eigenvalue weighted by Gasteiger charge is -2.19. The molecule has 3 aromatic rings. The van der Waals surface area contributed by atoms with Crippen LogP contribution in [0.4, 0.5) is 0 Å². The van der Waals surface area contributed by atoms with Crippen LogP contribution in [0.25, 0.3) is 0 Å². The van der Waals surface area contributed by atoms with Gasteiger partial charge in [-0.25, -0.2) is 8.42 Å². The highest BCUT2D eigenvalue weighted by Gasteiger charge is 2.29. The van der Waals surface area contributed by atoms with Crippen LogP contribution in [-0.2, 0) is 22.1 Å². The molecule has 0 saturated carbocycles. The van der Waals surface area contributed by atoms with Crippen LogP contribution in [0.15, 0.2) is 53.7 Å². The molecule has 0 aliphatic heterocycles. The maximum absolute atomic E-state index is 13.3. The van der Waals surface area contributed by atoms with Gasteiger partial charge in [0, 0.05) is 0 Å². The summed E-state index contributed by atoms with van der Waals surface area (Å²) in [6, 6.07) is 14.6. The summed E-state index contributed by atoms with van der Waals surface area (Å²) in [5.41, 5.74) is 9.16. The molecule has 0 aliphatic carbocycles. The number of sulfone groups is 1. The van der Waals surface area contributed by atoms with E-state index in [-0.39, 0.29) is 16.8 Å². The second-order valence-electron chi connectivity index (χ2n) is 7.93. The van der Waals surface area contributed by atoms with Crippen LogP contribution in [0, 0.1) is 12.8 Å². The van der Waals surface area contributed by atoms with E-state index >= 15 is 0 Å². The van der Waals surface area contributed by atoms with Gasteiger partial charge in [-0.1, -0.05) is 62.2 Å². The average molecular weight is 443 g/mol. The summed E-state index contributed by atoms with van der Waals surface area (Å²) in [5.74, 6) is 1.02. The smallest absolute Gasteiger partial charge is 0.250 e. The van der Waals surface area contributed by atoms with Crippen LogP contribution in [0.1, 0.15) is 48.8 Å². The third-order valence-corrected chi connectivity index (χ3v) is 7.10.